The van der Waals surface area contributed by atoms with Gasteiger partial charge in [0.2, 0.25) is 0 Å². The second-order valence-corrected chi connectivity index (χ2v) is 12.6. The highest BCUT2D eigenvalue weighted by atomic mass is 16.2. The highest BCUT2D eigenvalue weighted by Gasteiger charge is 2.25. The number of benzene rings is 3. The molecule has 0 atom stereocenters. The maximum atomic E-state index is 12.7. The summed E-state index contributed by atoms with van der Waals surface area (Å²) < 4.78 is 0. The molecule has 3 rings (SSSR count). The van der Waals surface area contributed by atoms with Gasteiger partial charge in [-0.15, -0.1) is 0 Å². The van der Waals surface area contributed by atoms with Crippen LogP contribution in [0.25, 0.3) is 0 Å². The number of ketones is 4. The van der Waals surface area contributed by atoms with Crippen LogP contribution in [0.3, 0.4) is 0 Å². The quantitative estimate of drug-likeness (QED) is 0.216. The fourth-order valence-electron chi connectivity index (χ4n) is 5.68. The highest BCUT2D eigenvalue weighted by molar-refractivity contribution is 6.15. The first-order valence-electron chi connectivity index (χ1n) is 14.2. The summed E-state index contributed by atoms with van der Waals surface area (Å²) in [5, 5.41) is 0. The zero-order valence-electron chi connectivity index (χ0n) is 27.0. The Morgan fingerprint density at radius 3 is 0.878 bits per heavy atom. The van der Waals surface area contributed by atoms with Crippen LogP contribution in [0, 0.1) is 67.7 Å². The van der Waals surface area contributed by atoms with Gasteiger partial charge in [0.1, 0.15) is 5.78 Å². The molecule has 0 heterocycles. The highest BCUT2D eigenvalue weighted by Crippen LogP contribution is 2.24. The van der Waals surface area contributed by atoms with E-state index in [1.807, 2.05) is 119 Å². The Morgan fingerprint density at radius 1 is 0.439 bits per heavy atom. The zero-order valence-corrected chi connectivity index (χ0v) is 27.0. The van der Waals surface area contributed by atoms with Crippen molar-refractivity contribution in [3.05, 3.63) is 103 Å². The summed E-state index contributed by atoms with van der Waals surface area (Å²) in [5.41, 5.74) is 10.7. The van der Waals surface area contributed by atoms with E-state index in [2.05, 4.69) is 0 Å². The van der Waals surface area contributed by atoms with Crippen LogP contribution in [-0.4, -0.2) is 23.1 Å². The maximum absolute atomic E-state index is 12.7. The summed E-state index contributed by atoms with van der Waals surface area (Å²) >= 11 is 0. The third kappa shape index (κ3) is 8.66. The van der Waals surface area contributed by atoms with Gasteiger partial charge in [-0.05, 0) is 95.7 Å². The SMILES string of the molecule is Cc1cc(C)c(C(=O)CC(=O)C(C)(C)C)c(C)c1.Cc1cc(C)c(C(=O)CC(=O)c2c(C)cc(C)cc2C)c(C)c1. The Hall–Kier alpha value is -3.66. The lowest BCUT2D eigenvalue weighted by molar-refractivity contribution is -0.125. The minimum Gasteiger partial charge on any atom is -0.299 e. The van der Waals surface area contributed by atoms with Gasteiger partial charge in [0.25, 0.3) is 0 Å². The van der Waals surface area contributed by atoms with E-state index >= 15 is 0 Å². The predicted octanol–water partition coefficient (Wildman–Crippen LogP) is 8.79. The van der Waals surface area contributed by atoms with Crippen LogP contribution in [0.1, 0.15) is 115 Å². The van der Waals surface area contributed by atoms with Gasteiger partial charge in [-0.25, -0.2) is 0 Å². The molecular formula is C37H46O4. The lowest BCUT2D eigenvalue weighted by Crippen LogP contribution is -2.23. The van der Waals surface area contributed by atoms with E-state index in [0.717, 1.165) is 50.1 Å². The van der Waals surface area contributed by atoms with E-state index in [1.54, 1.807) is 0 Å². The first-order chi connectivity index (χ1) is 18.8. The number of aryl methyl sites for hydroxylation is 9. The number of rotatable bonds is 7. The minimum absolute atomic E-state index is 0.00571. The van der Waals surface area contributed by atoms with E-state index in [-0.39, 0.29) is 36.0 Å². The molecule has 0 aliphatic heterocycles. The van der Waals surface area contributed by atoms with Crippen LogP contribution in [0.5, 0.6) is 0 Å². The summed E-state index contributed by atoms with van der Waals surface area (Å²) in [7, 11) is 0. The van der Waals surface area contributed by atoms with Crippen LogP contribution in [0.15, 0.2) is 36.4 Å². The average Bonchev–Trinajstić information content (AvgIpc) is 2.76. The van der Waals surface area contributed by atoms with Crippen LogP contribution in [0.2, 0.25) is 0 Å². The van der Waals surface area contributed by atoms with Crippen molar-refractivity contribution in [3.8, 4) is 0 Å². The molecular weight excluding hydrogens is 508 g/mol. The molecule has 3 aromatic carbocycles. The fraction of sp³-hybridized carbons (Fsp3) is 0.405. The van der Waals surface area contributed by atoms with E-state index in [4.69, 9.17) is 0 Å². The van der Waals surface area contributed by atoms with Crippen LogP contribution >= 0.6 is 0 Å². The number of hydrogen-bond donors (Lipinski definition) is 0. The molecule has 0 aliphatic carbocycles. The Balaban J connectivity index is 0.000000296. The van der Waals surface area contributed by atoms with Crippen molar-refractivity contribution >= 4 is 23.1 Å². The molecule has 4 nitrogen and oxygen atoms in total. The molecule has 0 unspecified atom stereocenters. The van der Waals surface area contributed by atoms with Gasteiger partial charge in [0, 0.05) is 22.1 Å². The topological polar surface area (TPSA) is 68.3 Å². The summed E-state index contributed by atoms with van der Waals surface area (Å²) in [6.07, 6.45) is -0.0796. The largest absolute Gasteiger partial charge is 0.299 e. The Morgan fingerprint density at radius 2 is 0.659 bits per heavy atom. The third-order valence-electron chi connectivity index (χ3n) is 7.35. The molecule has 3 aromatic rings. The van der Waals surface area contributed by atoms with Crippen molar-refractivity contribution < 1.29 is 19.2 Å². The number of Topliss-reactive ketones (excluding diaryl/α,β-unsaturated/α-hetero) is 4. The fourth-order valence-corrected chi connectivity index (χ4v) is 5.68. The molecule has 0 fully saturated rings. The lowest BCUT2D eigenvalue weighted by Gasteiger charge is -2.17. The van der Waals surface area contributed by atoms with Gasteiger partial charge in [0.05, 0.1) is 12.8 Å². The average molecular weight is 555 g/mol. The van der Waals surface area contributed by atoms with E-state index < -0.39 is 5.41 Å². The molecule has 0 amide bonds. The number of carbonyl (C=O) groups is 4. The van der Waals surface area contributed by atoms with Crippen molar-refractivity contribution in [1.82, 2.24) is 0 Å². The van der Waals surface area contributed by atoms with Gasteiger partial charge in [-0.2, -0.15) is 0 Å². The summed E-state index contributed by atoms with van der Waals surface area (Å²) in [4.78, 5) is 49.5. The molecule has 0 aliphatic rings. The molecule has 0 spiro atoms. The van der Waals surface area contributed by atoms with E-state index in [9.17, 15) is 19.2 Å². The normalized spacial score (nSPS) is 11.0. The smallest absolute Gasteiger partial charge is 0.171 e. The summed E-state index contributed by atoms with van der Waals surface area (Å²) in [6.45, 7) is 23.1. The summed E-state index contributed by atoms with van der Waals surface area (Å²) in [6, 6.07) is 11.9. The van der Waals surface area contributed by atoms with Gasteiger partial charge in [-0.1, -0.05) is 73.9 Å². The zero-order chi connectivity index (χ0) is 31.4. The predicted molar refractivity (Wildman–Crippen MR) is 169 cm³/mol. The van der Waals surface area contributed by atoms with Crippen LogP contribution < -0.4 is 0 Å². The monoisotopic (exact) mass is 554 g/mol. The molecule has 0 bridgehead atoms. The minimum atomic E-state index is -0.456. The van der Waals surface area contributed by atoms with Crippen molar-refractivity contribution in [2.75, 3.05) is 0 Å². The molecule has 0 N–H and O–H groups in total. The van der Waals surface area contributed by atoms with Crippen molar-refractivity contribution in [1.29, 1.82) is 0 Å². The number of carbonyl (C=O) groups excluding carboxylic acids is 4. The molecule has 0 saturated heterocycles. The first-order valence-corrected chi connectivity index (χ1v) is 14.2. The summed E-state index contributed by atoms with van der Waals surface area (Å²) in [5.74, 6) is -0.259. The molecule has 0 saturated carbocycles. The van der Waals surface area contributed by atoms with E-state index in [0.29, 0.717) is 16.7 Å². The Bertz CT molecular complexity index is 1380. The van der Waals surface area contributed by atoms with Gasteiger partial charge < -0.3 is 0 Å². The van der Waals surface area contributed by atoms with E-state index in [1.165, 1.54) is 0 Å². The second kappa shape index (κ2) is 13.3. The third-order valence-corrected chi connectivity index (χ3v) is 7.35. The molecule has 0 aromatic heterocycles. The van der Waals surface area contributed by atoms with Crippen LogP contribution in [-0.2, 0) is 4.79 Å². The Labute approximate surface area is 246 Å². The Kier molecular flexibility index (Phi) is 10.9. The molecule has 218 valence electrons. The van der Waals surface area contributed by atoms with Gasteiger partial charge in [-0.3, -0.25) is 19.2 Å². The molecule has 4 heteroatoms. The van der Waals surface area contributed by atoms with Gasteiger partial charge in [0.15, 0.2) is 17.3 Å². The molecule has 41 heavy (non-hydrogen) atoms. The standard InChI is InChI=1S/C21H24O2.C16H22O2/c1-12-7-14(3)20(15(4)8-12)18(22)11-19(23)21-16(5)9-13(2)10-17(21)6;1-10-7-11(2)15(12(3)8-10)13(17)9-14(18)16(4,5)6/h7-10H,11H2,1-6H3;7-8H,9H2,1-6H3. The van der Waals surface area contributed by atoms with Crippen molar-refractivity contribution in [2.24, 2.45) is 5.41 Å². The maximum Gasteiger partial charge on any atom is 0.171 e. The second-order valence-electron chi connectivity index (χ2n) is 12.6. The molecule has 0 radical (unpaired) electrons. The number of hydrogen-bond acceptors (Lipinski definition) is 4. The first kappa shape index (κ1) is 33.5. The van der Waals surface area contributed by atoms with Crippen molar-refractivity contribution in [2.45, 2.75) is 95.9 Å². The van der Waals surface area contributed by atoms with Crippen molar-refractivity contribution in [3.63, 3.8) is 0 Å². The van der Waals surface area contributed by atoms with Crippen LogP contribution in [0.4, 0.5) is 0 Å². The lowest BCUT2D eigenvalue weighted by atomic mass is 9.85. The van der Waals surface area contributed by atoms with Gasteiger partial charge >= 0.3 is 0 Å².